The zero-order chi connectivity index (χ0) is 9.61. The van der Waals surface area contributed by atoms with Gasteiger partial charge in [0.2, 0.25) is 0 Å². The van der Waals surface area contributed by atoms with Crippen LogP contribution in [-0.4, -0.2) is 16.3 Å². The summed E-state index contributed by atoms with van der Waals surface area (Å²) >= 11 is 6.42. The van der Waals surface area contributed by atoms with Crippen molar-refractivity contribution in [2.75, 3.05) is 11.5 Å². The molecule has 0 radical (unpaired) electrons. The number of thioether (sulfide) groups is 1. The van der Waals surface area contributed by atoms with Gasteiger partial charge in [0, 0.05) is 4.75 Å². The van der Waals surface area contributed by atoms with E-state index in [2.05, 4.69) is 52.1 Å². The number of hydrogen-bond acceptors (Lipinski definition) is 2. The van der Waals surface area contributed by atoms with Crippen LogP contribution in [0, 0.1) is 5.92 Å². The van der Waals surface area contributed by atoms with Gasteiger partial charge < -0.3 is 0 Å². The third-order valence-corrected chi connectivity index (χ3v) is 3.73. The highest BCUT2D eigenvalue weighted by Gasteiger charge is 2.13. The summed E-state index contributed by atoms with van der Waals surface area (Å²) < 4.78 is 0.412. The fourth-order valence-corrected chi connectivity index (χ4v) is 2.51. The molecule has 0 aromatic rings. The maximum atomic E-state index is 4.37. The van der Waals surface area contributed by atoms with Gasteiger partial charge in [0.1, 0.15) is 0 Å². The van der Waals surface area contributed by atoms with Gasteiger partial charge >= 0.3 is 0 Å². The molecule has 0 spiro atoms. The fraction of sp³-hybridized carbons (Fsp3) is 1.00. The van der Waals surface area contributed by atoms with Gasteiger partial charge in [-0.1, -0.05) is 34.1 Å². The lowest BCUT2D eigenvalue weighted by Gasteiger charge is -2.21. The lowest BCUT2D eigenvalue weighted by molar-refractivity contribution is 0.592. The Morgan fingerprint density at radius 1 is 1.33 bits per heavy atom. The van der Waals surface area contributed by atoms with Crippen LogP contribution in [0.5, 0.6) is 0 Å². The first-order chi connectivity index (χ1) is 5.49. The van der Waals surface area contributed by atoms with Gasteiger partial charge in [-0.15, -0.1) is 0 Å². The van der Waals surface area contributed by atoms with Gasteiger partial charge in [-0.25, -0.2) is 0 Å². The van der Waals surface area contributed by atoms with E-state index >= 15 is 0 Å². The molecule has 0 aromatic carbocycles. The fourth-order valence-electron chi connectivity index (χ4n) is 1.00. The maximum Gasteiger partial charge on any atom is 0.00752 e. The molecule has 12 heavy (non-hydrogen) atoms. The molecule has 0 bridgehead atoms. The molecule has 0 amide bonds. The summed E-state index contributed by atoms with van der Waals surface area (Å²) in [5.41, 5.74) is 0. The molecular formula is C10H22S2. The van der Waals surface area contributed by atoms with E-state index in [1.165, 1.54) is 18.6 Å². The molecule has 0 saturated carbocycles. The molecule has 1 atom stereocenters. The van der Waals surface area contributed by atoms with E-state index in [0.717, 1.165) is 11.7 Å². The molecule has 0 heterocycles. The van der Waals surface area contributed by atoms with Gasteiger partial charge in [-0.3, -0.25) is 0 Å². The standard InChI is InChI=1S/C10H22S2/c1-5-6-9(7-11)8-12-10(2,3)4/h9,11H,5-8H2,1-4H3. The van der Waals surface area contributed by atoms with Crippen LogP contribution in [0.4, 0.5) is 0 Å². The lowest BCUT2D eigenvalue weighted by atomic mass is 10.1. The highest BCUT2D eigenvalue weighted by Crippen LogP contribution is 2.27. The van der Waals surface area contributed by atoms with Crippen LogP contribution in [0.3, 0.4) is 0 Å². The first kappa shape index (κ1) is 12.7. The molecule has 1 unspecified atom stereocenters. The van der Waals surface area contributed by atoms with Crippen molar-refractivity contribution in [2.24, 2.45) is 5.92 Å². The van der Waals surface area contributed by atoms with Crippen molar-refractivity contribution in [3.8, 4) is 0 Å². The molecule has 2 heteroatoms. The van der Waals surface area contributed by atoms with E-state index in [1.807, 2.05) is 0 Å². The largest absolute Gasteiger partial charge is 0.179 e. The monoisotopic (exact) mass is 206 g/mol. The van der Waals surface area contributed by atoms with Crippen molar-refractivity contribution in [1.82, 2.24) is 0 Å². The van der Waals surface area contributed by atoms with Crippen LogP contribution in [0.15, 0.2) is 0 Å². The second-order valence-corrected chi connectivity index (χ2v) is 6.47. The molecule has 0 aliphatic carbocycles. The summed E-state index contributed by atoms with van der Waals surface area (Å²) in [7, 11) is 0. The Morgan fingerprint density at radius 2 is 1.92 bits per heavy atom. The summed E-state index contributed by atoms with van der Waals surface area (Å²) in [5, 5.41) is 0. The van der Waals surface area contributed by atoms with E-state index in [9.17, 15) is 0 Å². The zero-order valence-corrected chi connectivity index (χ0v) is 10.5. The Morgan fingerprint density at radius 3 is 2.25 bits per heavy atom. The number of rotatable bonds is 5. The van der Waals surface area contributed by atoms with Crippen molar-refractivity contribution in [3.05, 3.63) is 0 Å². The van der Waals surface area contributed by atoms with Crippen molar-refractivity contribution in [1.29, 1.82) is 0 Å². The predicted molar refractivity (Wildman–Crippen MR) is 64.5 cm³/mol. The SMILES string of the molecule is CCCC(CS)CSC(C)(C)C. The van der Waals surface area contributed by atoms with Gasteiger partial charge in [-0.05, 0) is 23.8 Å². The van der Waals surface area contributed by atoms with Gasteiger partial charge in [0.25, 0.3) is 0 Å². The zero-order valence-electron chi connectivity index (χ0n) is 8.76. The van der Waals surface area contributed by atoms with E-state index in [-0.39, 0.29) is 0 Å². The third kappa shape index (κ3) is 7.35. The summed E-state index contributed by atoms with van der Waals surface area (Å²) in [4.78, 5) is 0. The Bertz CT molecular complexity index is 105. The molecule has 0 nitrogen and oxygen atoms in total. The minimum atomic E-state index is 0.412. The van der Waals surface area contributed by atoms with E-state index in [1.54, 1.807) is 0 Å². The Labute approximate surface area is 87.3 Å². The number of hydrogen-bond donors (Lipinski definition) is 1. The summed E-state index contributed by atoms with van der Waals surface area (Å²) in [5.74, 6) is 3.11. The second kappa shape index (κ2) is 6.20. The predicted octanol–water partition coefficient (Wildman–Crippen LogP) is 3.86. The van der Waals surface area contributed by atoms with Crippen LogP contribution >= 0.6 is 24.4 Å². The van der Waals surface area contributed by atoms with Crippen LogP contribution in [-0.2, 0) is 0 Å². The van der Waals surface area contributed by atoms with E-state index in [0.29, 0.717) is 4.75 Å². The average Bonchev–Trinajstić information content (AvgIpc) is 1.96. The van der Waals surface area contributed by atoms with Crippen LogP contribution in [0.25, 0.3) is 0 Å². The van der Waals surface area contributed by atoms with Crippen molar-refractivity contribution >= 4 is 24.4 Å². The normalized spacial score (nSPS) is 14.8. The highest BCUT2D eigenvalue weighted by atomic mass is 32.2. The van der Waals surface area contributed by atoms with Gasteiger partial charge in [0.15, 0.2) is 0 Å². The van der Waals surface area contributed by atoms with Gasteiger partial charge in [0.05, 0.1) is 0 Å². The number of thiol groups is 1. The van der Waals surface area contributed by atoms with Crippen molar-refractivity contribution < 1.29 is 0 Å². The molecule has 0 rings (SSSR count). The molecule has 0 aromatic heterocycles. The second-order valence-electron chi connectivity index (χ2n) is 4.26. The first-order valence-corrected chi connectivity index (χ1v) is 6.36. The minimum Gasteiger partial charge on any atom is -0.179 e. The molecule has 0 saturated heterocycles. The quantitative estimate of drug-likeness (QED) is 0.666. The van der Waals surface area contributed by atoms with Crippen molar-refractivity contribution in [2.45, 2.75) is 45.3 Å². The third-order valence-electron chi connectivity index (χ3n) is 1.71. The molecule has 0 aliphatic heterocycles. The lowest BCUT2D eigenvalue weighted by Crippen LogP contribution is -2.14. The minimum absolute atomic E-state index is 0.412. The Hall–Kier alpha value is 0.700. The molecule has 74 valence electrons. The maximum absolute atomic E-state index is 4.37. The molecule has 0 N–H and O–H groups in total. The van der Waals surface area contributed by atoms with Crippen LogP contribution in [0.2, 0.25) is 0 Å². The summed E-state index contributed by atoms with van der Waals surface area (Å²) in [6, 6.07) is 0. The smallest absolute Gasteiger partial charge is 0.00752 e. The topological polar surface area (TPSA) is 0 Å². The van der Waals surface area contributed by atoms with E-state index in [4.69, 9.17) is 0 Å². The molecular weight excluding hydrogens is 184 g/mol. The van der Waals surface area contributed by atoms with Gasteiger partial charge in [-0.2, -0.15) is 24.4 Å². The Kier molecular flexibility index (Phi) is 6.56. The van der Waals surface area contributed by atoms with Crippen LogP contribution < -0.4 is 0 Å². The average molecular weight is 206 g/mol. The highest BCUT2D eigenvalue weighted by molar-refractivity contribution is 8.00. The van der Waals surface area contributed by atoms with Crippen molar-refractivity contribution in [3.63, 3.8) is 0 Å². The molecule has 0 aliphatic rings. The molecule has 0 fully saturated rings. The summed E-state index contributed by atoms with van der Waals surface area (Å²) in [6.07, 6.45) is 2.61. The Balaban J connectivity index is 3.58. The summed E-state index contributed by atoms with van der Waals surface area (Å²) in [6.45, 7) is 9.08. The van der Waals surface area contributed by atoms with Crippen LogP contribution in [0.1, 0.15) is 40.5 Å². The first-order valence-electron chi connectivity index (χ1n) is 4.74. The van der Waals surface area contributed by atoms with E-state index < -0.39 is 0 Å².